The molecule has 0 aliphatic heterocycles. The minimum Gasteiger partial charge on any atom is -0.477 e. The minimum atomic E-state index is 0.107. The van der Waals surface area contributed by atoms with Gasteiger partial charge in [-0.05, 0) is 6.92 Å². The third-order valence-corrected chi connectivity index (χ3v) is 1.99. The number of anilines is 1. The maximum absolute atomic E-state index is 8.67. The lowest BCUT2D eigenvalue weighted by Gasteiger charge is -2.08. The van der Waals surface area contributed by atoms with E-state index in [0.717, 1.165) is 0 Å². The maximum Gasteiger partial charge on any atom is 0.218 e. The van der Waals surface area contributed by atoms with Gasteiger partial charge in [-0.2, -0.15) is 4.98 Å². The first-order valence-electron chi connectivity index (χ1n) is 5.67. The fraction of sp³-hybridized carbons (Fsp3) is 0.636. The molecule has 0 saturated heterocycles. The van der Waals surface area contributed by atoms with Gasteiger partial charge in [0.1, 0.15) is 12.4 Å². The van der Waals surface area contributed by atoms with Crippen molar-refractivity contribution in [2.75, 3.05) is 32.2 Å². The summed E-state index contributed by atoms with van der Waals surface area (Å²) in [7, 11) is 1.78. The molecule has 0 aromatic carbocycles. The Labute approximate surface area is 101 Å². The van der Waals surface area contributed by atoms with Crippen LogP contribution in [0.1, 0.15) is 19.2 Å². The van der Waals surface area contributed by atoms with E-state index in [-0.39, 0.29) is 6.61 Å². The van der Waals surface area contributed by atoms with Crippen LogP contribution in [0.2, 0.25) is 0 Å². The van der Waals surface area contributed by atoms with Gasteiger partial charge in [0.2, 0.25) is 5.88 Å². The van der Waals surface area contributed by atoms with Gasteiger partial charge in [-0.3, -0.25) is 0 Å². The predicted octanol–water partition coefficient (Wildman–Crippen LogP) is 0.816. The molecule has 0 saturated carbocycles. The number of aliphatic hydroxyl groups is 1. The SMILES string of the molecule is CCOCc1nc(NC)cc(OCCCO)n1. The van der Waals surface area contributed by atoms with E-state index < -0.39 is 0 Å². The molecule has 96 valence electrons. The second-order valence-electron chi connectivity index (χ2n) is 3.32. The zero-order chi connectivity index (χ0) is 12.5. The van der Waals surface area contributed by atoms with Gasteiger partial charge in [-0.15, -0.1) is 0 Å². The molecule has 1 aromatic rings. The summed E-state index contributed by atoms with van der Waals surface area (Å²) in [6, 6.07) is 1.72. The van der Waals surface area contributed by atoms with Gasteiger partial charge in [0, 0.05) is 32.7 Å². The topological polar surface area (TPSA) is 76.5 Å². The summed E-state index contributed by atoms with van der Waals surface area (Å²) in [6.45, 7) is 3.44. The van der Waals surface area contributed by atoms with Crippen LogP contribution < -0.4 is 10.1 Å². The van der Waals surface area contributed by atoms with Crippen LogP contribution in [-0.4, -0.2) is 41.9 Å². The molecular formula is C11H19N3O3. The number of aliphatic hydroxyl groups excluding tert-OH is 1. The monoisotopic (exact) mass is 241 g/mol. The smallest absolute Gasteiger partial charge is 0.218 e. The fourth-order valence-electron chi connectivity index (χ4n) is 1.17. The molecule has 6 nitrogen and oxygen atoms in total. The van der Waals surface area contributed by atoms with Crippen LogP contribution in [0.4, 0.5) is 5.82 Å². The van der Waals surface area contributed by atoms with Gasteiger partial charge in [0.15, 0.2) is 5.82 Å². The highest BCUT2D eigenvalue weighted by Gasteiger charge is 2.04. The standard InChI is InChI=1S/C11H19N3O3/c1-3-16-8-10-13-9(12-2)7-11(14-10)17-6-4-5-15/h7,15H,3-6,8H2,1-2H3,(H,12,13,14). The summed E-state index contributed by atoms with van der Waals surface area (Å²) in [5.41, 5.74) is 0. The largest absolute Gasteiger partial charge is 0.477 e. The predicted molar refractivity (Wildman–Crippen MR) is 64.1 cm³/mol. The van der Waals surface area contributed by atoms with E-state index in [4.69, 9.17) is 14.6 Å². The van der Waals surface area contributed by atoms with Crippen molar-refractivity contribution in [3.8, 4) is 5.88 Å². The third-order valence-electron chi connectivity index (χ3n) is 1.99. The molecule has 0 spiro atoms. The van der Waals surface area contributed by atoms with Crippen LogP contribution in [0, 0.1) is 0 Å². The molecule has 0 radical (unpaired) electrons. The van der Waals surface area contributed by atoms with Crippen LogP contribution in [-0.2, 0) is 11.3 Å². The van der Waals surface area contributed by atoms with Crippen LogP contribution in [0.3, 0.4) is 0 Å². The number of hydrogen-bond donors (Lipinski definition) is 2. The van der Waals surface area contributed by atoms with Crippen LogP contribution >= 0.6 is 0 Å². The normalized spacial score (nSPS) is 10.3. The van der Waals surface area contributed by atoms with Gasteiger partial charge in [-0.25, -0.2) is 4.98 Å². The lowest BCUT2D eigenvalue weighted by molar-refractivity contribution is 0.127. The van der Waals surface area contributed by atoms with Crippen molar-refractivity contribution < 1.29 is 14.6 Å². The van der Waals surface area contributed by atoms with Crippen LogP contribution in [0.5, 0.6) is 5.88 Å². The van der Waals surface area contributed by atoms with Gasteiger partial charge < -0.3 is 19.9 Å². The lowest BCUT2D eigenvalue weighted by Crippen LogP contribution is -2.07. The van der Waals surface area contributed by atoms with Crippen molar-refractivity contribution >= 4 is 5.82 Å². The summed E-state index contributed by atoms with van der Waals surface area (Å²) in [6.07, 6.45) is 0.583. The second-order valence-corrected chi connectivity index (χ2v) is 3.32. The number of aromatic nitrogens is 2. The van der Waals surface area contributed by atoms with E-state index in [1.807, 2.05) is 6.92 Å². The van der Waals surface area contributed by atoms with E-state index in [1.54, 1.807) is 13.1 Å². The molecule has 1 aromatic heterocycles. The first-order chi connectivity index (χ1) is 8.30. The molecule has 0 aliphatic rings. The molecular weight excluding hydrogens is 222 g/mol. The van der Waals surface area contributed by atoms with Crippen molar-refractivity contribution in [3.63, 3.8) is 0 Å². The van der Waals surface area contributed by atoms with Gasteiger partial charge in [-0.1, -0.05) is 0 Å². The van der Waals surface area contributed by atoms with E-state index >= 15 is 0 Å². The van der Waals surface area contributed by atoms with E-state index in [2.05, 4.69) is 15.3 Å². The quantitative estimate of drug-likeness (QED) is 0.656. The molecule has 0 aliphatic carbocycles. The number of nitrogens with zero attached hydrogens (tertiary/aromatic N) is 2. The Morgan fingerprint density at radius 1 is 1.41 bits per heavy atom. The average Bonchev–Trinajstić information content (AvgIpc) is 2.36. The highest BCUT2D eigenvalue weighted by Crippen LogP contribution is 2.13. The fourth-order valence-corrected chi connectivity index (χ4v) is 1.17. The molecule has 0 unspecified atom stereocenters. The van der Waals surface area contributed by atoms with E-state index in [1.165, 1.54) is 0 Å². The lowest BCUT2D eigenvalue weighted by atomic mass is 10.5. The Balaban J connectivity index is 2.67. The Kier molecular flexibility index (Phi) is 6.27. The molecule has 0 fully saturated rings. The Bertz CT molecular complexity index is 334. The molecule has 1 heterocycles. The Morgan fingerprint density at radius 3 is 2.88 bits per heavy atom. The number of nitrogens with one attached hydrogen (secondary N) is 1. The highest BCUT2D eigenvalue weighted by atomic mass is 16.5. The number of hydrogen-bond acceptors (Lipinski definition) is 6. The molecule has 0 amide bonds. The summed E-state index contributed by atoms with van der Waals surface area (Å²) >= 11 is 0. The summed E-state index contributed by atoms with van der Waals surface area (Å²) in [5.74, 6) is 1.76. The molecule has 17 heavy (non-hydrogen) atoms. The van der Waals surface area contributed by atoms with Crippen molar-refractivity contribution in [1.29, 1.82) is 0 Å². The minimum absolute atomic E-state index is 0.107. The number of ether oxygens (including phenoxy) is 2. The molecule has 0 atom stereocenters. The maximum atomic E-state index is 8.67. The first kappa shape index (κ1) is 13.7. The van der Waals surface area contributed by atoms with Crippen LogP contribution in [0.25, 0.3) is 0 Å². The molecule has 2 N–H and O–H groups in total. The van der Waals surface area contributed by atoms with Gasteiger partial charge in [0.25, 0.3) is 0 Å². The van der Waals surface area contributed by atoms with Gasteiger partial charge >= 0.3 is 0 Å². The highest BCUT2D eigenvalue weighted by molar-refractivity contribution is 5.37. The van der Waals surface area contributed by atoms with Crippen molar-refractivity contribution in [2.24, 2.45) is 0 Å². The summed E-state index contributed by atoms with van der Waals surface area (Å²) in [4.78, 5) is 8.45. The molecule has 0 bridgehead atoms. The molecule has 1 rings (SSSR count). The summed E-state index contributed by atoms with van der Waals surface area (Å²) < 4.78 is 10.7. The van der Waals surface area contributed by atoms with E-state index in [0.29, 0.717) is 43.8 Å². The Morgan fingerprint density at radius 2 is 2.24 bits per heavy atom. The van der Waals surface area contributed by atoms with Crippen molar-refractivity contribution in [2.45, 2.75) is 20.0 Å². The Hall–Kier alpha value is -1.40. The molecule has 6 heteroatoms. The van der Waals surface area contributed by atoms with Crippen LogP contribution in [0.15, 0.2) is 6.07 Å². The third kappa shape index (κ3) is 4.97. The number of rotatable bonds is 8. The zero-order valence-electron chi connectivity index (χ0n) is 10.3. The van der Waals surface area contributed by atoms with Gasteiger partial charge in [0.05, 0.1) is 6.61 Å². The zero-order valence-corrected chi connectivity index (χ0v) is 10.3. The summed E-state index contributed by atoms with van der Waals surface area (Å²) in [5, 5.41) is 11.6. The van der Waals surface area contributed by atoms with Crippen molar-refractivity contribution in [1.82, 2.24) is 9.97 Å². The van der Waals surface area contributed by atoms with Crippen molar-refractivity contribution in [3.05, 3.63) is 11.9 Å². The average molecular weight is 241 g/mol. The second kappa shape index (κ2) is 7.81. The van der Waals surface area contributed by atoms with E-state index in [9.17, 15) is 0 Å². The first-order valence-corrected chi connectivity index (χ1v) is 5.67.